The highest BCUT2D eigenvalue weighted by molar-refractivity contribution is 7.99. The fraction of sp³-hybridized carbons (Fsp3) is 0.0909. The van der Waals surface area contributed by atoms with Crippen LogP contribution in [0.5, 0.6) is 0 Å². The van der Waals surface area contributed by atoms with Crippen LogP contribution in [0.25, 0.3) is 0 Å². The van der Waals surface area contributed by atoms with Gasteiger partial charge in [-0.2, -0.15) is 0 Å². The predicted octanol–water partition coefficient (Wildman–Crippen LogP) is 4.21. The molecule has 2 heteroatoms. The summed E-state index contributed by atoms with van der Waals surface area (Å²) in [6.45, 7) is 2.16. The second-order valence-electron chi connectivity index (χ2n) is 2.76. The minimum Gasteiger partial charge on any atom is -0.148 e. The van der Waals surface area contributed by atoms with Crippen molar-refractivity contribution in [2.24, 2.45) is 0 Å². The van der Waals surface area contributed by atoms with E-state index < -0.39 is 0 Å². The van der Waals surface area contributed by atoms with Gasteiger partial charge in [-0.05, 0) is 30.5 Å². The zero-order chi connectivity index (χ0) is 9.10. The molecule has 0 amide bonds. The van der Waals surface area contributed by atoms with Gasteiger partial charge in [-0.25, -0.2) is 0 Å². The molecule has 0 fully saturated rings. The third-order valence-corrected chi connectivity index (χ3v) is 3.93. The van der Waals surface area contributed by atoms with Crippen molar-refractivity contribution in [2.45, 2.75) is 16.7 Å². The van der Waals surface area contributed by atoms with Crippen molar-refractivity contribution in [3.05, 3.63) is 46.7 Å². The minimum absolute atomic E-state index is 1.31. The molecule has 0 aliphatic rings. The third kappa shape index (κ3) is 2.14. The van der Waals surface area contributed by atoms with Crippen molar-refractivity contribution in [3.63, 3.8) is 0 Å². The standard InChI is InChI=1S/C11H10S2/c1-9-11(7-8-12-9)13-10-5-3-2-4-6-10/h2-8H,1H3. The molecular formula is C11H10S2. The highest BCUT2D eigenvalue weighted by atomic mass is 32.2. The first-order chi connectivity index (χ1) is 6.36. The van der Waals surface area contributed by atoms with Gasteiger partial charge >= 0.3 is 0 Å². The molecule has 0 saturated heterocycles. The molecule has 0 bridgehead atoms. The van der Waals surface area contributed by atoms with Crippen molar-refractivity contribution in [1.82, 2.24) is 0 Å². The summed E-state index contributed by atoms with van der Waals surface area (Å²) in [5, 5.41) is 2.14. The summed E-state index contributed by atoms with van der Waals surface area (Å²) >= 11 is 3.63. The average Bonchev–Trinajstić information content (AvgIpc) is 2.54. The molecule has 0 nitrogen and oxygen atoms in total. The second kappa shape index (κ2) is 3.99. The van der Waals surface area contributed by atoms with Crippen LogP contribution in [0.2, 0.25) is 0 Å². The lowest BCUT2D eigenvalue weighted by Crippen LogP contribution is -1.70. The Kier molecular flexibility index (Phi) is 2.71. The molecule has 66 valence electrons. The first-order valence-electron chi connectivity index (χ1n) is 4.13. The van der Waals surface area contributed by atoms with Crippen LogP contribution in [-0.4, -0.2) is 0 Å². The fourth-order valence-corrected chi connectivity index (χ4v) is 2.87. The first kappa shape index (κ1) is 8.85. The lowest BCUT2D eigenvalue weighted by Gasteiger charge is -1.98. The number of rotatable bonds is 2. The van der Waals surface area contributed by atoms with Crippen molar-refractivity contribution in [3.8, 4) is 0 Å². The van der Waals surface area contributed by atoms with Crippen LogP contribution in [0.3, 0.4) is 0 Å². The van der Waals surface area contributed by atoms with Crippen LogP contribution in [0.1, 0.15) is 4.88 Å². The van der Waals surface area contributed by atoms with Crippen LogP contribution in [0.4, 0.5) is 0 Å². The average molecular weight is 206 g/mol. The van der Waals surface area contributed by atoms with Gasteiger partial charge in [-0.15, -0.1) is 11.3 Å². The maximum Gasteiger partial charge on any atom is 0.0258 e. The Labute approximate surface area is 86.6 Å². The number of thiophene rings is 1. The number of hydrogen-bond acceptors (Lipinski definition) is 2. The van der Waals surface area contributed by atoms with Crippen molar-refractivity contribution < 1.29 is 0 Å². The number of hydrogen-bond donors (Lipinski definition) is 0. The zero-order valence-corrected chi connectivity index (χ0v) is 8.99. The van der Waals surface area contributed by atoms with Gasteiger partial charge in [0.25, 0.3) is 0 Å². The van der Waals surface area contributed by atoms with Crippen molar-refractivity contribution in [2.75, 3.05) is 0 Å². The highest BCUT2D eigenvalue weighted by Gasteiger charge is 2.00. The van der Waals surface area contributed by atoms with E-state index in [4.69, 9.17) is 0 Å². The molecule has 0 aliphatic heterocycles. The highest BCUT2D eigenvalue weighted by Crippen LogP contribution is 2.32. The lowest BCUT2D eigenvalue weighted by atomic mass is 10.4. The van der Waals surface area contributed by atoms with Crippen LogP contribution in [0.15, 0.2) is 51.6 Å². The molecule has 0 radical (unpaired) electrons. The Morgan fingerprint density at radius 3 is 2.46 bits per heavy atom. The Morgan fingerprint density at radius 2 is 1.85 bits per heavy atom. The molecule has 2 rings (SSSR count). The zero-order valence-electron chi connectivity index (χ0n) is 7.36. The summed E-state index contributed by atoms with van der Waals surface area (Å²) in [7, 11) is 0. The van der Waals surface area contributed by atoms with Crippen LogP contribution in [-0.2, 0) is 0 Å². The molecule has 0 saturated carbocycles. The summed E-state index contributed by atoms with van der Waals surface area (Å²) in [4.78, 5) is 4.08. The largest absolute Gasteiger partial charge is 0.148 e. The quantitative estimate of drug-likeness (QED) is 0.709. The van der Waals surface area contributed by atoms with Gasteiger partial charge in [-0.3, -0.25) is 0 Å². The third-order valence-electron chi connectivity index (χ3n) is 1.78. The SMILES string of the molecule is Cc1sccc1Sc1ccccc1. The minimum atomic E-state index is 1.31. The number of benzene rings is 1. The molecule has 0 atom stereocenters. The monoisotopic (exact) mass is 206 g/mol. The van der Waals surface area contributed by atoms with E-state index in [9.17, 15) is 0 Å². The normalized spacial score (nSPS) is 10.2. The van der Waals surface area contributed by atoms with Gasteiger partial charge in [-0.1, -0.05) is 30.0 Å². The Hall–Kier alpha value is -0.730. The summed E-state index contributed by atoms with van der Waals surface area (Å²) in [5.74, 6) is 0. The Bertz CT molecular complexity index is 376. The van der Waals surface area contributed by atoms with E-state index in [-0.39, 0.29) is 0 Å². The molecule has 13 heavy (non-hydrogen) atoms. The summed E-state index contributed by atoms with van der Waals surface area (Å²) in [5.41, 5.74) is 0. The van der Waals surface area contributed by atoms with E-state index in [0.717, 1.165) is 0 Å². The van der Waals surface area contributed by atoms with E-state index >= 15 is 0 Å². The van der Waals surface area contributed by atoms with E-state index in [1.807, 2.05) is 17.8 Å². The lowest BCUT2D eigenvalue weighted by molar-refractivity contribution is 1.39. The fourth-order valence-electron chi connectivity index (χ4n) is 1.09. The summed E-state index contributed by atoms with van der Waals surface area (Å²) in [6.07, 6.45) is 0. The molecule has 0 aliphatic carbocycles. The van der Waals surface area contributed by atoms with Gasteiger partial charge < -0.3 is 0 Å². The molecule has 1 heterocycles. The second-order valence-corrected chi connectivity index (χ2v) is 4.99. The smallest absolute Gasteiger partial charge is 0.0258 e. The van der Waals surface area contributed by atoms with Gasteiger partial charge in [0.05, 0.1) is 0 Å². The van der Waals surface area contributed by atoms with Gasteiger partial charge in [0, 0.05) is 14.7 Å². The maximum absolute atomic E-state index is 2.18. The molecular weight excluding hydrogens is 196 g/mol. The van der Waals surface area contributed by atoms with Crippen molar-refractivity contribution >= 4 is 23.1 Å². The van der Waals surface area contributed by atoms with Crippen LogP contribution >= 0.6 is 23.1 Å². The summed E-state index contributed by atoms with van der Waals surface area (Å²) in [6, 6.07) is 12.7. The van der Waals surface area contributed by atoms with Gasteiger partial charge in [0.15, 0.2) is 0 Å². The summed E-state index contributed by atoms with van der Waals surface area (Å²) < 4.78 is 0. The molecule has 1 aromatic carbocycles. The van der Waals surface area contributed by atoms with Gasteiger partial charge in [0.2, 0.25) is 0 Å². The topological polar surface area (TPSA) is 0 Å². The van der Waals surface area contributed by atoms with E-state index in [1.165, 1.54) is 14.7 Å². The molecule has 2 aromatic rings. The van der Waals surface area contributed by atoms with E-state index in [1.54, 1.807) is 11.3 Å². The van der Waals surface area contributed by atoms with E-state index in [2.05, 4.69) is 42.6 Å². The maximum atomic E-state index is 2.18. The Balaban J connectivity index is 2.20. The Morgan fingerprint density at radius 1 is 1.08 bits per heavy atom. The van der Waals surface area contributed by atoms with Gasteiger partial charge in [0.1, 0.15) is 0 Å². The molecule has 0 N–H and O–H groups in total. The van der Waals surface area contributed by atoms with Crippen LogP contribution in [0, 0.1) is 6.92 Å². The molecule has 0 unspecified atom stereocenters. The van der Waals surface area contributed by atoms with Crippen molar-refractivity contribution in [1.29, 1.82) is 0 Å². The molecule has 0 spiro atoms. The van der Waals surface area contributed by atoms with E-state index in [0.29, 0.717) is 0 Å². The first-order valence-corrected chi connectivity index (χ1v) is 5.83. The number of aryl methyl sites for hydroxylation is 1. The van der Waals surface area contributed by atoms with Crippen LogP contribution < -0.4 is 0 Å². The predicted molar refractivity (Wildman–Crippen MR) is 59.6 cm³/mol. The molecule has 1 aromatic heterocycles.